The topological polar surface area (TPSA) is 175 Å². The highest BCUT2D eigenvalue weighted by Gasteiger charge is 2.44. The van der Waals surface area contributed by atoms with E-state index in [1.165, 1.54) is 173 Å². The number of rotatable bonds is 54. The Morgan fingerprint density at radius 2 is 0.907 bits per heavy atom. The number of esters is 1. The maximum atomic E-state index is 13.0. The first-order valence-electron chi connectivity index (χ1n) is 31.4. The number of aliphatic hydroxyl groups excluding tert-OH is 5. The highest BCUT2D eigenvalue weighted by molar-refractivity contribution is 5.76. The first-order chi connectivity index (χ1) is 36.7. The average molecular weight is 1060 g/mol. The summed E-state index contributed by atoms with van der Waals surface area (Å²) in [6.07, 6.45) is 57.8. The number of amides is 1. The Hall–Kier alpha value is -2.38. The quantitative estimate of drug-likeness (QED) is 0.0195. The van der Waals surface area contributed by atoms with E-state index in [4.69, 9.17) is 14.2 Å². The highest BCUT2D eigenvalue weighted by Crippen LogP contribution is 2.23. The van der Waals surface area contributed by atoms with Gasteiger partial charge in [-0.1, -0.05) is 242 Å². The molecule has 1 heterocycles. The molecule has 0 aromatic carbocycles. The van der Waals surface area contributed by atoms with Gasteiger partial charge in [-0.05, 0) is 77.0 Å². The van der Waals surface area contributed by atoms with Crippen LogP contribution in [0, 0.1) is 0 Å². The molecule has 11 heteroatoms. The number of hydrogen-bond donors (Lipinski definition) is 6. The highest BCUT2D eigenvalue weighted by atomic mass is 16.7. The Labute approximate surface area is 459 Å². The molecule has 6 N–H and O–H groups in total. The van der Waals surface area contributed by atoms with Gasteiger partial charge in [-0.25, -0.2) is 0 Å². The van der Waals surface area contributed by atoms with Crippen LogP contribution in [0.2, 0.25) is 0 Å². The van der Waals surface area contributed by atoms with Gasteiger partial charge in [-0.3, -0.25) is 9.59 Å². The summed E-state index contributed by atoms with van der Waals surface area (Å²) in [4.78, 5) is 25.0. The van der Waals surface area contributed by atoms with Gasteiger partial charge in [0.25, 0.3) is 0 Å². The van der Waals surface area contributed by atoms with Gasteiger partial charge in [0.05, 0.1) is 32.0 Å². The number of carbonyl (C=O) groups is 2. The molecular formula is C64H117NO10. The molecule has 1 aliphatic rings. The fraction of sp³-hybridized carbons (Fsp3) is 0.844. The van der Waals surface area contributed by atoms with Gasteiger partial charge in [-0.15, -0.1) is 0 Å². The van der Waals surface area contributed by atoms with E-state index in [1.807, 2.05) is 6.08 Å². The molecule has 1 amide bonds. The molecule has 0 spiro atoms. The van der Waals surface area contributed by atoms with E-state index in [0.29, 0.717) is 19.4 Å². The fourth-order valence-corrected chi connectivity index (χ4v) is 9.66. The standard InChI is InChI=1S/C64H117NO10/c1-3-5-7-9-11-13-15-27-31-34-38-42-46-50-57(67)56(55-74-64-63(72)62(71)61(70)58(54-66)75-64)65-59(68)51-47-43-39-35-32-28-25-23-21-19-17-16-18-20-22-24-26-29-33-37-41-45-49-53-73-60(69)52-48-44-40-36-30-14-12-10-8-6-4-2/h16,18-19,21,31,34,46,50,56-58,61-64,66-67,70-72H,3-15,17,20,22-30,32-33,35-45,47-49,51-55H2,1-2H3,(H,65,68)/b18-16-,21-19-,34-31+,50-46+. The van der Waals surface area contributed by atoms with E-state index in [2.05, 4.69) is 55.6 Å². The van der Waals surface area contributed by atoms with E-state index < -0.39 is 49.5 Å². The van der Waals surface area contributed by atoms with Crippen molar-refractivity contribution in [3.63, 3.8) is 0 Å². The first kappa shape index (κ1) is 70.6. The lowest BCUT2D eigenvalue weighted by molar-refractivity contribution is -0.302. The van der Waals surface area contributed by atoms with Crippen LogP contribution in [-0.4, -0.2) is 100 Å². The van der Waals surface area contributed by atoms with Crippen molar-refractivity contribution in [1.82, 2.24) is 5.32 Å². The molecule has 438 valence electrons. The lowest BCUT2D eigenvalue weighted by Gasteiger charge is -2.40. The van der Waals surface area contributed by atoms with Crippen LogP contribution in [0.5, 0.6) is 0 Å². The molecule has 0 bridgehead atoms. The Bertz CT molecular complexity index is 1390. The van der Waals surface area contributed by atoms with Gasteiger partial charge in [-0.2, -0.15) is 0 Å². The van der Waals surface area contributed by atoms with Crippen LogP contribution in [0.15, 0.2) is 48.6 Å². The molecule has 1 aliphatic heterocycles. The Morgan fingerprint density at radius 1 is 0.493 bits per heavy atom. The van der Waals surface area contributed by atoms with Crippen LogP contribution in [0.25, 0.3) is 0 Å². The normalized spacial score (nSPS) is 19.1. The second kappa shape index (κ2) is 53.6. The number of ether oxygens (including phenoxy) is 3. The summed E-state index contributed by atoms with van der Waals surface area (Å²) in [5, 5.41) is 54.4. The number of hydrogen-bond acceptors (Lipinski definition) is 10. The summed E-state index contributed by atoms with van der Waals surface area (Å²) >= 11 is 0. The Balaban J connectivity index is 2.09. The fourth-order valence-electron chi connectivity index (χ4n) is 9.66. The van der Waals surface area contributed by atoms with Crippen molar-refractivity contribution in [3.8, 4) is 0 Å². The van der Waals surface area contributed by atoms with E-state index in [-0.39, 0.29) is 18.5 Å². The number of nitrogens with one attached hydrogen (secondary N) is 1. The molecule has 1 fully saturated rings. The number of carbonyl (C=O) groups excluding carboxylic acids is 2. The largest absolute Gasteiger partial charge is 0.466 e. The van der Waals surface area contributed by atoms with Crippen molar-refractivity contribution < 1.29 is 49.3 Å². The zero-order chi connectivity index (χ0) is 54.5. The lowest BCUT2D eigenvalue weighted by Crippen LogP contribution is -2.60. The number of aliphatic hydroxyl groups is 5. The van der Waals surface area contributed by atoms with Gasteiger partial charge < -0.3 is 45.1 Å². The molecule has 0 saturated carbocycles. The molecule has 75 heavy (non-hydrogen) atoms. The molecule has 0 aromatic heterocycles. The zero-order valence-corrected chi connectivity index (χ0v) is 48.3. The SMILES string of the molecule is CCCCCCCCC/C=C/CC/C=C/C(O)C(COC1OC(CO)C(O)C(O)C1O)NC(=O)CCCCCCCCC/C=C\C/C=C\CCCCCCCCCCCOC(=O)CCCCCCCCCCCCC. The maximum Gasteiger partial charge on any atom is 0.305 e. The van der Waals surface area contributed by atoms with Crippen molar-refractivity contribution in [1.29, 1.82) is 0 Å². The molecule has 1 saturated heterocycles. The second-order valence-electron chi connectivity index (χ2n) is 21.8. The van der Waals surface area contributed by atoms with Crippen LogP contribution < -0.4 is 5.32 Å². The summed E-state index contributed by atoms with van der Waals surface area (Å²) in [7, 11) is 0. The van der Waals surface area contributed by atoms with E-state index in [1.54, 1.807) is 6.08 Å². The maximum absolute atomic E-state index is 13.0. The smallest absolute Gasteiger partial charge is 0.305 e. The van der Waals surface area contributed by atoms with Crippen LogP contribution in [0.4, 0.5) is 0 Å². The van der Waals surface area contributed by atoms with E-state index in [9.17, 15) is 35.1 Å². The Morgan fingerprint density at radius 3 is 1.40 bits per heavy atom. The minimum atomic E-state index is -1.58. The van der Waals surface area contributed by atoms with Crippen LogP contribution >= 0.6 is 0 Å². The van der Waals surface area contributed by atoms with E-state index >= 15 is 0 Å². The number of unbranched alkanes of at least 4 members (excludes halogenated alkanes) is 34. The zero-order valence-electron chi connectivity index (χ0n) is 48.3. The molecule has 1 rings (SSSR count). The van der Waals surface area contributed by atoms with Crippen molar-refractivity contribution in [3.05, 3.63) is 48.6 Å². The molecule has 0 aliphatic carbocycles. The van der Waals surface area contributed by atoms with Gasteiger partial charge in [0.1, 0.15) is 24.4 Å². The van der Waals surface area contributed by atoms with E-state index in [0.717, 1.165) is 83.5 Å². The summed E-state index contributed by atoms with van der Waals surface area (Å²) < 4.78 is 16.7. The van der Waals surface area contributed by atoms with Crippen molar-refractivity contribution in [2.75, 3.05) is 19.8 Å². The average Bonchev–Trinajstić information content (AvgIpc) is 3.41. The first-order valence-corrected chi connectivity index (χ1v) is 31.4. The molecule has 0 radical (unpaired) electrons. The summed E-state index contributed by atoms with van der Waals surface area (Å²) in [5.41, 5.74) is 0. The van der Waals surface area contributed by atoms with Crippen LogP contribution in [0.3, 0.4) is 0 Å². The monoisotopic (exact) mass is 1060 g/mol. The van der Waals surface area contributed by atoms with Gasteiger partial charge in [0, 0.05) is 12.8 Å². The van der Waals surface area contributed by atoms with Crippen molar-refractivity contribution in [2.24, 2.45) is 0 Å². The summed E-state index contributed by atoms with van der Waals surface area (Å²) in [5.74, 6) is -0.208. The predicted molar refractivity (Wildman–Crippen MR) is 310 cm³/mol. The van der Waals surface area contributed by atoms with Gasteiger partial charge >= 0.3 is 5.97 Å². The summed E-state index contributed by atoms with van der Waals surface area (Å²) in [6, 6.07) is -0.835. The summed E-state index contributed by atoms with van der Waals surface area (Å²) in [6.45, 7) is 4.31. The second-order valence-corrected chi connectivity index (χ2v) is 21.8. The lowest BCUT2D eigenvalue weighted by atomic mass is 9.99. The Kier molecular flexibility index (Phi) is 50.5. The van der Waals surface area contributed by atoms with Crippen LogP contribution in [0.1, 0.15) is 284 Å². The molecule has 7 atom stereocenters. The molecule has 7 unspecified atom stereocenters. The van der Waals surface area contributed by atoms with Crippen molar-refractivity contribution in [2.45, 2.75) is 326 Å². The third-order valence-corrected chi connectivity index (χ3v) is 14.7. The van der Waals surface area contributed by atoms with Gasteiger partial charge in [0.2, 0.25) is 5.91 Å². The molecule has 11 nitrogen and oxygen atoms in total. The minimum absolute atomic E-state index is 0.00580. The number of allylic oxidation sites excluding steroid dienone is 7. The van der Waals surface area contributed by atoms with Crippen molar-refractivity contribution >= 4 is 11.9 Å². The molecule has 0 aromatic rings. The molecular weight excluding hydrogens is 943 g/mol. The third kappa shape index (κ3) is 43.2. The minimum Gasteiger partial charge on any atom is -0.466 e. The van der Waals surface area contributed by atoms with Crippen LogP contribution in [-0.2, 0) is 23.8 Å². The predicted octanol–water partition coefficient (Wildman–Crippen LogP) is 14.8. The van der Waals surface area contributed by atoms with Gasteiger partial charge in [0.15, 0.2) is 6.29 Å². The third-order valence-electron chi connectivity index (χ3n) is 14.7.